The summed E-state index contributed by atoms with van der Waals surface area (Å²) in [4.78, 5) is 22.3. The number of rotatable bonds is 7. The van der Waals surface area contributed by atoms with Gasteiger partial charge in [0, 0.05) is 13.0 Å². The SMILES string of the molecule is CCOC(=O)C(C)CNC(=O)CCCN. The van der Waals surface area contributed by atoms with Gasteiger partial charge in [-0.25, -0.2) is 0 Å². The fourth-order valence-corrected chi connectivity index (χ4v) is 0.986. The Kier molecular flexibility index (Phi) is 7.62. The smallest absolute Gasteiger partial charge is 0.310 e. The van der Waals surface area contributed by atoms with Crippen LogP contribution in [0, 0.1) is 5.92 Å². The number of ether oxygens (including phenoxy) is 1. The maximum atomic E-state index is 11.2. The van der Waals surface area contributed by atoms with Gasteiger partial charge < -0.3 is 15.8 Å². The average Bonchev–Trinajstić information content (AvgIpc) is 2.23. The quantitative estimate of drug-likeness (QED) is 0.589. The molecule has 5 heteroatoms. The molecule has 0 aromatic carbocycles. The minimum Gasteiger partial charge on any atom is -0.466 e. The normalized spacial score (nSPS) is 11.9. The second-order valence-corrected chi connectivity index (χ2v) is 3.35. The zero-order valence-corrected chi connectivity index (χ0v) is 9.41. The average molecular weight is 216 g/mol. The molecule has 0 heterocycles. The summed E-state index contributed by atoms with van der Waals surface area (Å²) in [7, 11) is 0. The van der Waals surface area contributed by atoms with Crippen molar-refractivity contribution >= 4 is 11.9 Å². The lowest BCUT2D eigenvalue weighted by Crippen LogP contribution is -2.32. The molecule has 0 aromatic heterocycles. The number of nitrogens with one attached hydrogen (secondary N) is 1. The van der Waals surface area contributed by atoms with Gasteiger partial charge in [0.1, 0.15) is 0 Å². The molecule has 0 bridgehead atoms. The fourth-order valence-electron chi connectivity index (χ4n) is 0.986. The van der Waals surface area contributed by atoms with Crippen LogP contribution in [0.25, 0.3) is 0 Å². The number of hydrogen-bond donors (Lipinski definition) is 2. The first-order valence-corrected chi connectivity index (χ1v) is 5.25. The van der Waals surface area contributed by atoms with Gasteiger partial charge in [0.2, 0.25) is 5.91 Å². The third-order valence-electron chi connectivity index (χ3n) is 1.90. The van der Waals surface area contributed by atoms with E-state index in [0.717, 1.165) is 0 Å². The van der Waals surface area contributed by atoms with Crippen molar-refractivity contribution in [3.63, 3.8) is 0 Å². The Labute approximate surface area is 90.4 Å². The predicted octanol–water partition coefficient (Wildman–Crippen LogP) is 0.0407. The third kappa shape index (κ3) is 6.90. The number of amides is 1. The van der Waals surface area contributed by atoms with Crippen molar-refractivity contribution in [3.8, 4) is 0 Å². The highest BCUT2D eigenvalue weighted by molar-refractivity contribution is 5.77. The van der Waals surface area contributed by atoms with E-state index in [1.807, 2.05) is 0 Å². The molecule has 0 aromatic rings. The molecule has 0 radical (unpaired) electrons. The first kappa shape index (κ1) is 13.9. The minimum atomic E-state index is -0.299. The molecule has 0 fully saturated rings. The first-order valence-electron chi connectivity index (χ1n) is 5.25. The molecule has 3 N–H and O–H groups in total. The number of esters is 1. The molecule has 0 rings (SSSR count). The van der Waals surface area contributed by atoms with Crippen LogP contribution in [0.15, 0.2) is 0 Å². The Morgan fingerprint density at radius 2 is 2.13 bits per heavy atom. The molecule has 0 aliphatic heterocycles. The van der Waals surface area contributed by atoms with Gasteiger partial charge in [-0.2, -0.15) is 0 Å². The maximum absolute atomic E-state index is 11.2. The largest absolute Gasteiger partial charge is 0.466 e. The van der Waals surface area contributed by atoms with E-state index < -0.39 is 0 Å². The second-order valence-electron chi connectivity index (χ2n) is 3.35. The Bertz CT molecular complexity index is 207. The van der Waals surface area contributed by atoms with Gasteiger partial charge in [0.05, 0.1) is 12.5 Å². The van der Waals surface area contributed by atoms with Gasteiger partial charge in [-0.15, -0.1) is 0 Å². The van der Waals surface area contributed by atoms with Gasteiger partial charge in [-0.1, -0.05) is 6.92 Å². The van der Waals surface area contributed by atoms with E-state index in [1.54, 1.807) is 13.8 Å². The minimum absolute atomic E-state index is 0.0726. The molecule has 0 aliphatic carbocycles. The summed E-state index contributed by atoms with van der Waals surface area (Å²) in [6, 6.07) is 0. The van der Waals surface area contributed by atoms with Gasteiger partial charge in [-0.3, -0.25) is 9.59 Å². The van der Waals surface area contributed by atoms with Gasteiger partial charge in [0.25, 0.3) is 0 Å². The van der Waals surface area contributed by atoms with Gasteiger partial charge >= 0.3 is 5.97 Å². The molecule has 15 heavy (non-hydrogen) atoms. The van der Waals surface area contributed by atoms with Crippen molar-refractivity contribution in [1.82, 2.24) is 5.32 Å². The Morgan fingerprint density at radius 1 is 1.47 bits per heavy atom. The molecule has 1 atom stereocenters. The number of nitrogens with two attached hydrogens (primary N) is 1. The summed E-state index contributed by atoms with van der Waals surface area (Å²) < 4.78 is 4.81. The van der Waals surface area contributed by atoms with E-state index in [9.17, 15) is 9.59 Å². The number of carbonyl (C=O) groups excluding carboxylic acids is 2. The van der Waals surface area contributed by atoms with E-state index >= 15 is 0 Å². The molecule has 1 amide bonds. The first-order chi connectivity index (χ1) is 7.11. The van der Waals surface area contributed by atoms with Crippen molar-refractivity contribution in [3.05, 3.63) is 0 Å². The highest BCUT2D eigenvalue weighted by Gasteiger charge is 2.14. The van der Waals surface area contributed by atoms with Crippen molar-refractivity contribution in [2.24, 2.45) is 11.7 Å². The molecular formula is C10H20N2O3. The molecule has 5 nitrogen and oxygen atoms in total. The Balaban J connectivity index is 3.65. The van der Waals surface area contributed by atoms with E-state index in [-0.39, 0.29) is 17.8 Å². The van der Waals surface area contributed by atoms with Crippen molar-refractivity contribution < 1.29 is 14.3 Å². The van der Waals surface area contributed by atoms with Crippen LogP contribution in [-0.4, -0.2) is 31.6 Å². The van der Waals surface area contributed by atoms with E-state index in [1.165, 1.54) is 0 Å². The topological polar surface area (TPSA) is 81.4 Å². The van der Waals surface area contributed by atoms with Crippen LogP contribution in [0.2, 0.25) is 0 Å². The highest BCUT2D eigenvalue weighted by atomic mass is 16.5. The van der Waals surface area contributed by atoms with Crippen LogP contribution in [-0.2, 0) is 14.3 Å². The summed E-state index contributed by atoms with van der Waals surface area (Å²) in [6.07, 6.45) is 1.08. The Hall–Kier alpha value is -1.10. The lowest BCUT2D eigenvalue weighted by atomic mass is 10.2. The molecule has 1 unspecified atom stereocenters. The highest BCUT2D eigenvalue weighted by Crippen LogP contribution is 1.97. The number of hydrogen-bond acceptors (Lipinski definition) is 4. The molecule has 0 saturated carbocycles. The van der Waals surface area contributed by atoms with Gasteiger partial charge in [0.15, 0.2) is 0 Å². The second kappa shape index (κ2) is 8.23. The van der Waals surface area contributed by atoms with Gasteiger partial charge in [-0.05, 0) is 19.9 Å². The fraction of sp³-hybridized carbons (Fsp3) is 0.800. The molecule has 0 spiro atoms. The zero-order valence-electron chi connectivity index (χ0n) is 9.41. The number of carbonyl (C=O) groups is 2. The molecular weight excluding hydrogens is 196 g/mol. The van der Waals surface area contributed by atoms with Crippen molar-refractivity contribution in [1.29, 1.82) is 0 Å². The van der Waals surface area contributed by atoms with Crippen molar-refractivity contribution in [2.45, 2.75) is 26.7 Å². The van der Waals surface area contributed by atoms with Crippen molar-refractivity contribution in [2.75, 3.05) is 19.7 Å². The molecule has 0 aliphatic rings. The van der Waals surface area contributed by atoms with Crippen LogP contribution in [0.4, 0.5) is 0 Å². The lowest BCUT2D eigenvalue weighted by Gasteiger charge is -2.11. The maximum Gasteiger partial charge on any atom is 0.310 e. The van der Waals surface area contributed by atoms with Crippen LogP contribution in [0.5, 0.6) is 0 Å². The van der Waals surface area contributed by atoms with E-state index in [0.29, 0.717) is 32.5 Å². The molecule has 0 saturated heterocycles. The monoisotopic (exact) mass is 216 g/mol. The van der Waals surface area contributed by atoms with E-state index in [4.69, 9.17) is 10.5 Å². The Morgan fingerprint density at radius 3 is 2.67 bits per heavy atom. The van der Waals surface area contributed by atoms with Crippen LogP contribution in [0.1, 0.15) is 26.7 Å². The summed E-state index contributed by atoms with van der Waals surface area (Å²) in [5.74, 6) is -0.653. The van der Waals surface area contributed by atoms with E-state index in [2.05, 4.69) is 5.32 Å². The summed E-state index contributed by atoms with van der Waals surface area (Å²) >= 11 is 0. The molecule has 88 valence electrons. The summed E-state index contributed by atoms with van der Waals surface area (Å²) in [6.45, 7) is 4.67. The zero-order chi connectivity index (χ0) is 11.7. The van der Waals surface area contributed by atoms with Crippen LogP contribution >= 0.6 is 0 Å². The third-order valence-corrected chi connectivity index (χ3v) is 1.90. The van der Waals surface area contributed by atoms with Crippen LogP contribution < -0.4 is 11.1 Å². The predicted molar refractivity (Wildman–Crippen MR) is 57.1 cm³/mol. The summed E-state index contributed by atoms with van der Waals surface area (Å²) in [5.41, 5.74) is 5.27. The summed E-state index contributed by atoms with van der Waals surface area (Å²) in [5, 5.41) is 2.66. The lowest BCUT2D eigenvalue weighted by molar-refractivity contribution is -0.147. The van der Waals surface area contributed by atoms with Crippen LogP contribution in [0.3, 0.4) is 0 Å². The standard InChI is InChI=1S/C10H20N2O3/c1-3-15-10(14)8(2)7-12-9(13)5-4-6-11/h8H,3-7,11H2,1-2H3,(H,12,13).